The van der Waals surface area contributed by atoms with Gasteiger partial charge in [-0.3, -0.25) is 4.79 Å². The van der Waals surface area contributed by atoms with Gasteiger partial charge in [-0.15, -0.1) is 0 Å². The van der Waals surface area contributed by atoms with Crippen molar-refractivity contribution in [2.75, 3.05) is 6.61 Å². The Morgan fingerprint density at radius 2 is 0.736 bits per heavy atom. The molecule has 3 N–H and O–H groups in total. The highest BCUT2D eigenvalue weighted by Gasteiger charge is 2.17. The molecule has 4 heteroatoms. The minimum absolute atomic E-state index is 0.0731. The van der Waals surface area contributed by atoms with Crippen molar-refractivity contribution >= 4 is 5.91 Å². The van der Waals surface area contributed by atoms with Crippen molar-refractivity contribution < 1.29 is 15.0 Å². The Kier molecular flexibility index (Phi) is 44.3. The summed E-state index contributed by atoms with van der Waals surface area (Å²) in [6.45, 7) is 4.28. The summed E-state index contributed by atoms with van der Waals surface area (Å²) in [4.78, 5) is 12.3. The van der Waals surface area contributed by atoms with Crippen LogP contribution in [0.3, 0.4) is 0 Å². The number of allylic oxidation sites excluding steroid dienone is 3. The number of hydrogen-bond donors (Lipinski definition) is 3. The van der Waals surface area contributed by atoms with E-state index in [0.717, 1.165) is 38.5 Å². The van der Waals surface area contributed by atoms with Crippen molar-refractivity contribution in [3.8, 4) is 0 Å². The van der Waals surface area contributed by atoms with Crippen LogP contribution in [0.2, 0.25) is 0 Å². The van der Waals surface area contributed by atoms with Crippen LogP contribution in [-0.4, -0.2) is 34.9 Å². The van der Waals surface area contributed by atoms with Gasteiger partial charge in [0.15, 0.2) is 0 Å². The number of nitrogens with one attached hydrogen (secondary N) is 1. The lowest BCUT2D eigenvalue weighted by Gasteiger charge is -2.20. The highest BCUT2D eigenvalue weighted by atomic mass is 16.3. The molecular formula is C49H95NO3. The van der Waals surface area contributed by atoms with Crippen molar-refractivity contribution in [3.63, 3.8) is 0 Å². The SMILES string of the molecule is CCCC/C=C\CCCCCCCC(=O)NC(CO)C(O)/C=C/CCCCCCCCCCCCCCCCCCCCCCCCCCCCCC. The monoisotopic (exact) mass is 746 g/mol. The van der Waals surface area contributed by atoms with Crippen LogP contribution in [0.25, 0.3) is 0 Å². The zero-order valence-corrected chi connectivity index (χ0v) is 36.1. The summed E-state index contributed by atoms with van der Waals surface area (Å²) in [6, 6.07) is -0.623. The molecule has 0 aromatic rings. The van der Waals surface area contributed by atoms with Gasteiger partial charge in [0.1, 0.15) is 0 Å². The van der Waals surface area contributed by atoms with E-state index in [4.69, 9.17) is 0 Å². The average Bonchev–Trinajstić information content (AvgIpc) is 3.16. The maximum atomic E-state index is 12.3. The zero-order chi connectivity index (χ0) is 38.6. The summed E-state index contributed by atoms with van der Waals surface area (Å²) in [5.74, 6) is -0.0731. The Morgan fingerprint density at radius 1 is 0.434 bits per heavy atom. The van der Waals surface area contributed by atoms with Gasteiger partial charge in [0.05, 0.1) is 18.8 Å². The lowest BCUT2D eigenvalue weighted by molar-refractivity contribution is -0.123. The molecule has 0 aromatic heterocycles. The molecule has 0 rings (SSSR count). The highest BCUT2D eigenvalue weighted by Crippen LogP contribution is 2.17. The molecule has 0 aliphatic rings. The molecule has 0 bridgehead atoms. The van der Waals surface area contributed by atoms with Crippen LogP contribution in [0.1, 0.15) is 264 Å². The van der Waals surface area contributed by atoms with Gasteiger partial charge in [-0.2, -0.15) is 0 Å². The molecule has 1 amide bonds. The second-order valence-electron chi connectivity index (χ2n) is 16.5. The van der Waals surface area contributed by atoms with Gasteiger partial charge in [0, 0.05) is 6.42 Å². The summed E-state index contributed by atoms with van der Waals surface area (Å²) in [6.07, 6.45) is 58.9. The molecule has 0 saturated carbocycles. The van der Waals surface area contributed by atoms with Crippen molar-refractivity contribution in [2.24, 2.45) is 0 Å². The fourth-order valence-electron chi connectivity index (χ4n) is 7.46. The average molecular weight is 746 g/mol. The predicted octanol–water partition coefficient (Wildman–Crippen LogP) is 15.2. The minimum Gasteiger partial charge on any atom is -0.394 e. The quantitative estimate of drug-likeness (QED) is 0.0430. The number of carbonyl (C=O) groups excluding carboxylic acids is 1. The second-order valence-corrected chi connectivity index (χ2v) is 16.5. The van der Waals surface area contributed by atoms with Crippen LogP contribution in [0.15, 0.2) is 24.3 Å². The molecule has 4 nitrogen and oxygen atoms in total. The number of aliphatic hydroxyl groups is 2. The lowest BCUT2D eigenvalue weighted by atomic mass is 10.0. The minimum atomic E-state index is -0.840. The molecule has 0 saturated heterocycles. The first-order valence-electron chi connectivity index (χ1n) is 24.1. The number of carbonyl (C=O) groups is 1. The van der Waals surface area contributed by atoms with E-state index in [1.807, 2.05) is 6.08 Å². The van der Waals surface area contributed by atoms with Gasteiger partial charge in [0.25, 0.3) is 0 Å². The first-order valence-corrected chi connectivity index (χ1v) is 24.1. The Labute approximate surface area is 332 Å². The highest BCUT2D eigenvalue weighted by molar-refractivity contribution is 5.76. The van der Waals surface area contributed by atoms with Crippen LogP contribution in [0, 0.1) is 0 Å². The lowest BCUT2D eigenvalue weighted by Crippen LogP contribution is -2.45. The van der Waals surface area contributed by atoms with Crippen LogP contribution < -0.4 is 5.32 Å². The smallest absolute Gasteiger partial charge is 0.220 e. The van der Waals surface area contributed by atoms with E-state index in [1.165, 1.54) is 205 Å². The topological polar surface area (TPSA) is 69.6 Å². The summed E-state index contributed by atoms with van der Waals surface area (Å²) in [5.41, 5.74) is 0. The Hall–Kier alpha value is -1.13. The third kappa shape index (κ3) is 41.9. The Morgan fingerprint density at radius 3 is 1.09 bits per heavy atom. The van der Waals surface area contributed by atoms with Gasteiger partial charge in [-0.25, -0.2) is 0 Å². The second kappa shape index (κ2) is 45.3. The zero-order valence-electron chi connectivity index (χ0n) is 36.1. The standard InChI is InChI=1S/C49H95NO3/c1-3-5-7-9-11-13-15-16-17-18-19-20-21-22-23-24-25-26-27-28-29-30-31-32-33-35-36-38-40-42-44-48(52)47(46-51)50-49(53)45-43-41-39-37-34-14-12-10-8-6-4-2/h10,12,42,44,47-48,51-52H,3-9,11,13-41,43,45-46H2,1-2H3,(H,50,53)/b12-10-,44-42+. The van der Waals surface area contributed by atoms with Crippen molar-refractivity contribution in [2.45, 2.75) is 276 Å². The summed E-state index contributed by atoms with van der Waals surface area (Å²) < 4.78 is 0. The molecule has 0 aliphatic carbocycles. The van der Waals surface area contributed by atoms with Gasteiger partial charge in [-0.1, -0.05) is 244 Å². The molecule has 0 fully saturated rings. The number of hydrogen-bond acceptors (Lipinski definition) is 3. The molecule has 0 spiro atoms. The molecule has 0 radical (unpaired) electrons. The molecule has 0 aromatic carbocycles. The molecule has 314 valence electrons. The molecule has 2 atom stereocenters. The number of rotatable bonds is 44. The van der Waals surface area contributed by atoms with Gasteiger partial charge in [0.2, 0.25) is 5.91 Å². The number of aliphatic hydroxyl groups excluding tert-OH is 2. The maximum absolute atomic E-state index is 12.3. The van der Waals surface area contributed by atoms with E-state index in [2.05, 4.69) is 31.3 Å². The summed E-state index contributed by atoms with van der Waals surface area (Å²) in [7, 11) is 0. The van der Waals surface area contributed by atoms with Crippen LogP contribution in [0.5, 0.6) is 0 Å². The summed E-state index contributed by atoms with van der Waals surface area (Å²) in [5, 5.41) is 23.0. The van der Waals surface area contributed by atoms with E-state index in [1.54, 1.807) is 6.08 Å². The van der Waals surface area contributed by atoms with Crippen molar-refractivity contribution in [3.05, 3.63) is 24.3 Å². The van der Waals surface area contributed by atoms with Gasteiger partial charge < -0.3 is 15.5 Å². The largest absolute Gasteiger partial charge is 0.394 e. The van der Waals surface area contributed by atoms with E-state index >= 15 is 0 Å². The van der Waals surface area contributed by atoms with Crippen LogP contribution in [-0.2, 0) is 4.79 Å². The fraction of sp³-hybridized carbons (Fsp3) is 0.898. The fourth-order valence-corrected chi connectivity index (χ4v) is 7.46. The van der Waals surface area contributed by atoms with Crippen molar-refractivity contribution in [1.82, 2.24) is 5.32 Å². The Bertz CT molecular complexity index is 765. The van der Waals surface area contributed by atoms with Crippen LogP contribution >= 0.6 is 0 Å². The molecule has 2 unspecified atom stereocenters. The maximum Gasteiger partial charge on any atom is 0.220 e. The first-order chi connectivity index (χ1) is 26.2. The summed E-state index contributed by atoms with van der Waals surface area (Å²) >= 11 is 0. The van der Waals surface area contributed by atoms with Crippen LogP contribution in [0.4, 0.5) is 0 Å². The van der Waals surface area contributed by atoms with Crippen molar-refractivity contribution in [1.29, 1.82) is 0 Å². The van der Waals surface area contributed by atoms with Gasteiger partial charge >= 0.3 is 0 Å². The Balaban J connectivity index is 3.43. The van der Waals surface area contributed by atoms with Gasteiger partial charge in [-0.05, 0) is 38.5 Å². The van der Waals surface area contributed by atoms with E-state index in [9.17, 15) is 15.0 Å². The first kappa shape index (κ1) is 51.9. The third-order valence-electron chi connectivity index (χ3n) is 11.2. The number of amides is 1. The normalized spacial score (nSPS) is 13.1. The predicted molar refractivity (Wildman–Crippen MR) is 235 cm³/mol. The van der Waals surface area contributed by atoms with E-state index in [-0.39, 0.29) is 12.5 Å². The molecular weight excluding hydrogens is 651 g/mol. The molecule has 0 heterocycles. The molecule has 0 aliphatic heterocycles. The third-order valence-corrected chi connectivity index (χ3v) is 11.2. The van der Waals surface area contributed by atoms with E-state index in [0.29, 0.717) is 6.42 Å². The molecule has 53 heavy (non-hydrogen) atoms. The number of unbranched alkanes of at least 4 members (excludes halogenated alkanes) is 35. The van der Waals surface area contributed by atoms with E-state index < -0.39 is 12.1 Å².